The molecule has 1 heterocycles. The van der Waals surface area contributed by atoms with Crippen molar-refractivity contribution in [3.63, 3.8) is 0 Å². The van der Waals surface area contributed by atoms with Crippen molar-refractivity contribution in [2.24, 2.45) is 0 Å². The number of halogens is 3. The summed E-state index contributed by atoms with van der Waals surface area (Å²) in [5.41, 5.74) is 1.78. The number of anilines is 1. The van der Waals surface area contributed by atoms with Gasteiger partial charge in [0.25, 0.3) is 0 Å². The summed E-state index contributed by atoms with van der Waals surface area (Å²) in [6.07, 6.45) is -4.46. The van der Waals surface area contributed by atoms with Gasteiger partial charge in [-0.3, -0.25) is 4.79 Å². The predicted molar refractivity (Wildman–Crippen MR) is 116 cm³/mol. The van der Waals surface area contributed by atoms with Crippen LogP contribution < -0.4 is 5.32 Å². The molecule has 8 heteroatoms. The van der Waals surface area contributed by atoms with Gasteiger partial charge in [0.1, 0.15) is 5.82 Å². The van der Waals surface area contributed by atoms with Crippen LogP contribution >= 0.6 is 0 Å². The molecule has 1 aromatic heterocycles. The number of hydrogen-bond donors (Lipinski definition) is 2. The molecule has 32 heavy (non-hydrogen) atoms. The monoisotopic (exact) mass is 437 g/mol. The van der Waals surface area contributed by atoms with Crippen molar-refractivity contribution in [2.75, 3.05) is 11.9 Å². The van der Waals surface area contributed by atoms with Crippen LogP contribution in [0.3, 0.4) is 0 Å². The summed E-state index contributed by atoms with van der Waals surface area (Å²) in [4.78, 5) is 20.0. The molecule has 0 aliphatic heterocycles. The number of nitrogens with one attached hydrogen (secondary N) is 1. The molecule has 2 N–H and O–H groups in total. The number of alkyl halides is 3. The predicted octanol–water partition coefficient (Wildman–Crippen LogP) is 5.87. The van der Waals surface area contributed by atoms with E-state index in [0.29, 0.717) is 33.8 Å². The number of carboxylic acids is 1. The third-order valence-corrected chi connectivity index (χ3v) is 4.90. The first kappa shape index (κ1) is 21.3. The third kappa shape index (κ3) is 4.69. The highest BCUT2D eigenvalue weighted by molar-refractivity contribution is 5.90. The number of rotatable bonds is 6. The number of fused-ring (bicyclic) bond motifs is 1. The molecule has 0 unspecified atom stereocenters. The van der Waals surface area contributed by atoms with E-state index >= 15 is 0 Å². The van der Waals surface area contributed by atoms with Crippen LogP contribution in [0.1, 0.15) is 12.0 Å². The molecular formula is C24H18F3N3O2. The maximum atomic E-state index is 13.0. The lowest BCUT2D eigenvalue weighted by atomic mass is 10.0. The summed E-state index contributed by atoms with van der Waals surface area (Å²) in [5, 5.41) is 12.7. The second-order valence-electron chi connectivity index (χ2n) is 7.14. The SMILES string of the molecule is O=C(O)CCNc1nc(-c2ccc(-c3cccc(C(F)(F)F)c3)cc2)nc2ccccc12. The first-order valence-electron chi connectivity index (χ1n) is 9.82. The summed E-state index contributed by atoms with van der Waals surface area (Å²) in [6.45, 7) is 0.213. The largest absolute Gasteiger partial charge is 0.481 e. The van der Waals surface area contributed by atoms with E-state index in [1.54, 1.807) is 30.3 Å². The fourth-order valence-electron chi connectivity index (χ4n) is 3.32. The molecule has 4 rings (SSSR count). The highest BCUT2D eigenvalue weighted by Gasteiger charge is 2.30. The Balaban J connectivity index is 1.67. The molecule has 0 fully saturated rings. The molecule has 0 saturated carbocycles. The van der Waals surface area contributed by atoms with Crippen molar-refractivity contribution in [3.8, 4) is 22.5 Å². The number of para-hydroxylation sites is 1. The van der Waals surface area contributed by atoms with Gasteiger partial charge in [-0.15, -0.1) is 0 Å². The summed E-state index contributed by atoms with van der Waals surface area (Å²) in [5.74, 6) is 0.0344. The van der Waals surface area contributed by atoms with Crippen molar-refractivity contribution in [2.45, 2.75) is 12.6 Å². The average molecular weight is 437 g/mol. The fraction of sp³-hybridized carbons (Fsp3) is 0.125. The number of carboxylic acid groups (broad SMARTS) is 1. The van der Waals surface area contributed by atoms with Crippen molar-refractivity contribution in [3.05, 3.63) is 78.4 Å². The first-order chi connectivity index (χ1) is 15.3. The van der Waals surface area contributed by atoms with Gasteiger partial charge in [-0.1, -0.05) is 48.5 Å². The van der Waals surface area contributed by atoms with Crippen LogP contribution in [-0.4, -0.2) is 27.6 Å². The molecular weight excluding hydrogens is 419 g/mol. The Bertz CT molecular complexity index is 1270. The lowest BCUT2D eigenvalue weighted by Crippen LogP contribution is -2.09. The molecule has 0 radical (unpaired) electrons. The Hall–Kier alpha value is -3.94. The Kier molecular flexibility index (Phi) is 5.77. The molecule has 3 aromatic carbocycles. The van der Waals surface area contributed by atoms with Crippen molar-refractivity contribution in [1.29, 1.82) is 0 Å². The van der Waals surface area contributed by atoms with Gasteiger partial charge in [0.2, 0.25) is 0 Å². The van der Waals surface area contributed by atoms with E-state index in [4.69, 9.17) is 5.11 Å². The standard InChI is InChI=1S/C24H18F3N3O2/c25-24(26,27)18-5-3-4-17(14-18)15-8-10-16(11-9-15)22-29-20-7-2-1-6-19(20)23(30-22)28-13-12-21(31)32/h1-11,14H,12-13H2,(H,31,32)(H,28,29,30). The molecule has 0 bridgehead atoms. The number of nitrogens with zero attached hydrogens (tertiary/aromatic N) is 2. The molecule has 0 atom stereocenters. The van der Waals surface area contributed by atoms with E-state index in [1.807, 2.05) is 24.3 Å². The maximum Gasteiger partial charge on any atom is 0.416 e. The lowest BCUT2D eigenvalue weighted by Gasteiger charge is -2.11. The van der Waals surface area contributed by atoms with E-state index in [9.17, 15) is 18.0 Å². The van der Waals surface area contributed by atoms with E-state index in [1.165, 1.54) is 6.07 Å². The highest BCUT2D eigenvalue weighted by atomic mass is 19.4. The lowest BCUT2D eigenvalue weighted by molar-refractivity contribution is -0.138. The van der Waals surface area contributed by atoms with Gasteiger partial charge in [-0.25, -0.2) is 9.97 Å². The fourth-order valence-corrected chi connectivity index (χ4v) is 3.32. The second-order valence-corrected chi connectivity index (χ2v) is 7.14. The normalized spacial score (nSPS) is 11.5. The first-order valence-corrected chi connectivity index (χ1v) is 9.82. The van der Waals surface area contributed by atoms with Crippen LogP contribution in [0.4, 0.5) is 19.0 Å². The quantitative estimate of drug-likeness (QED) is 0.395. The Morgan fingerprint density at radius 2 is 1.59 bits per heavy atom. The number of carbonyl (C=O) groups is 1. The summed E-state index contributed by atoms with van der Waals surface area (Å²) < 4.78 is 39.0. The molecule has 5 nitrogen and oxygen atoms in total. The Labute approximate surface area is 181 Å². The Morgan fingerprint density at radius 1 is 0.875 bits per heavy atom. The van der Waals surface area contributed by atoms with Crippen LogP contribution in [0, 0.1) is 0 Å². The van der Waals surface area contributed by atoms with Gasteiger partial charge in [0.15, 0.2) is 5.82 Å². The zero-order valence-corrected chi connectivity index (χ0v) is 16.7. The van der Waals surface area contributed by atoms with Gasteiger partial charge >= 0.3 is 12.1 Å². The van der Waals surface area contributed by atoms with Crippen LogP contribution in [0.15, 0.2) is 72.8 Å². The molecule has 0 aliphatic rings. The minimum absolute atomic E-state index is 0.0562. The van der Waals surface area contributed by atoms with Gasteiger partial charge in [0, 0.05) is 17.5 Å². The van der Waals surface area contributed by atoms with Crippen molar-refractivity contribution < 1.29 is 23.1 Å². The van der Waals surface area contributed by atoms with E-state index in [2.05, 4.69) is 15.3 Å². The average Bonchev–Trinajstić information content (AvgIpc) is 2.78. The molecule has 0 aliphatic carbocycles. The number of benzene rings is 3. The smallest absolute Gasteiger partial charge is 0.416 e. The van der Waals surface area contributed by atoms with Crippen molar-refractivity contribution >= 4 is 22.7 Å². The molecule has 0 amide bonds. The molecule has 4 aromatic rings. The van der Waals surface area contributed by atoms with Crippen LogP contribution in [-0.2, 0) is 11.0 Å². The summed E-state index contributed by atoms with van der Waals surface area (Å²) >= 11 is 0. The minimum Gasteiger partial charge on any atom is -0.481 e. The van der Waals surface area contributed by atoms with Gasteiger partial charge < -0.3 is 10.4 Å². The summed E-state index contributed by atoms with van der Waals surface area (Å²) in [6, 6.07) is 19.5. The third-order valence-electron chi connectivity index (χ3n) is 4.90. The molecule has 0 saturated heterocycles. The van der Waals surface area contributed by atoms with Gasteiger partial charge in [-0.05, 0) is 35.4 Å². The van der Waals surface area contributed by atoms with E-state index < -0.39 is 17.7 Å². The van der Waals surface area contributed by atoms with Crippen LogP contribution in [0.2, 0.25) is 0 Å². The van der Waals surface area contributed by atoms with Crippen LogP contribution in [0.5, 0.6) is 0 Å². The second kappa shape index (κ2) is 8.66. The molecule has 162 valence electrons. The zero-order chi connectivity index (χ0) is 22.7. The highest BCUT2D eigenvalue weighted by Crippen LogP contribution is 2.33. The van der Waals surface area contributed by atoms with Crippen LogP contribution in [0.25, 0.3) is 33.4 Å². The number of aromatic nitrogens is 2. The topological polar surface area (TPSA) is 75.1 Å². The number of aliphatic carboxylic acids is 1. The van der Waals surface area contributed by atoms with E-state index in [-0.39, 0.29) is 13.0 Å². The van der Waals surface area contributed by atoms with Gasteiger partial charge in [-0.2, -0.15) is 13.2 Å². The van der Waals surface area contributed by atoms with E-state index in [0.717, 1.165) is 17.5 Å². The van der Waals surface area contributed by atoms with Crippen molar-refractivity contribution in [1.82, 2.24) is 9.97 Å². The molecule has 0 spiro atoms. The Morgan fingerprint density at radius 3 is 2.31 bits per heavy atom. The number of hydrogen-bond acceptors (Lipinski definition) is 4. The minimum atomic E-state index is -4.40. The maximum absolute atomic E-state index is 13.0. The van der Waals surface area contributed by atoms with Gasteiger partial charge in [0.05, 0.1) is 17.5 Å². The summed E-state index contributed by atoms with van der Waals surface area (Å²) in [7, 11) is 0. The zero-order valence-electron chi connectivity index (χ0n) is 16.7.